The zero-order valence-electron chi connectivity index (χ0n) is 9.99. The van der Waals surface area contributed by atoms with Crippen LogP contribution in [0.2, 0.25) is 0 Å². The molecule has 0 saturated heterocycles. The second-order valence-electron chi connectivity index (χ2n) is 4.33. The Balaban J connectivity index is 2.67. The predicted molar refractivity (Wildman–Crippen MR) is 60.7 cm³/mol. The van der Waals surface area contributed by atoms with Crippen molar-refractivity contribution in [2.24, 2.45) is 7.05 Å². The van der Waals surface area contributed by atoms with Gasteiger partial charge in [0.15, 0.2) is 0 Å². The number of aryl methyl sites for hydroxylation is 1. The van der Waals surface area contributed by atoms with Crippen molar-refractivity contribution >= 4 is 0 Å². The van der Waals surface area contributed by atoms with Crippen LogP contribution in [0, 0.1) is 0 Å². The van der Waals surface area contributed by atoms with E-state index in [-0.39, 0.29) is 12.6 Å². The highest BCUT2D eigenvalue weighted by Gasteiger charge is 2.11. The van der Waals surface area contributed by atoms with Crippen LogP contribution in [0.1, 0.15) is 37.9 Å². The average molecular weight is 211 g/mol. The highest BCUT2D eigenvalue weighted by atomic mass is 16.3. The summed E-state index contributed by atoms with van der Waals surface area (Å²) in [5, 5.41) is 16.6. The van der Waals surface area contributed by atoms with Gasteiger partial charge in [-0.1, -0.05) is 13.8 Å². The third-order valence-corrected chi connectivity index (χ3v) is 2.40. The summed E-state index contributed by atoms with van der Waals surface area (Å²) in [4.78, 5) is 0. The van der Waals surface area contributed by atoms with Crippen LogP contribution in [0.15, 0.2) is 6.20 Å². The van der Waals surface area contributed by atoms with Gasteiger partial charge in [0.25, 0.3) is 0 Å². The monoisotopic (exact) mass is 211 g/mol. The first-order chi connectivity index (χ1) is 7.04. The van der Waals surface area contributed by atoms with E-state index in [1.807, 2.05) is 24.9 Å². The lowest BCUT2D eigenvalue weighted by atomic mass is 10.1. The van der Waals surface area contributed by atoms with E-state index < -0.39 is 0 Å². The van der Waals surface area contributed by atoms with Gasteiger partial charge >= 0.3 is 0 Å². The summed E-state index contributed by atoms with van der Waals surface area (Å²) in [6.07, 6.45) is 2.03. The van der Waals surface area contributed by atoms with Gasteiger partial charge in [-0.25, -0.2) is 0 Å². The number of nitrogens with zero attached hydrogens (tertiary/aromatic N) is 2. The standard InChI is InChI=1S/C11H21N3O/c1-8(2)11-10(6-14(4)13-11)5-12-9(3)7-15/h6,8-9,12,15H,5,7H2,1-4H3/t9-/m0/s1. The van der Waals surface area contributed by atoms with Crippen LogP contribution in [0.25, 0.3) is 0 Å². The van der Waals surface area contributed by atoms with Crippen molar-refractivity contribution in [2.75, 3.05) is 6.61 Å². The Bertz CT molecular complexity index is 307. The molecular formula is C11H21N3O. The fourth-order valence-electron chi connectivity index (χ4n) is 1.53. The van der Waals surface area contributed by atoms with Gasteiger partial charge in [0.2, 0.25) is 0 Å². The Morgan fingerprint density at radius 2 is 2.13 bits per heavy atom. The normalized spacial score (nSPS) is 13.5. The summed E-state index contributed by atoms with van der Waals surface area (Å²) in [5.74, 6) is 0.437. The van der Waals surface area contributed by atoms with E-state index in [1.54, 1.807) is 0 Å². The van der Waals surface area contributed by atoms with Crippen molar-refractivity contribution in [2.45, 2.75) is 39.3 Å². The van der Waals surface area contributed by atoms with Crippen LogP contribution in [0.3, 0.4) is 0 Å². The first-order valence-electron chi connectivity index (χ1n) is 5.41. The molecule has 1 heterocycles. The summed E-state index contributed by atoms with van der Waals surface area (Å²) >= 11 is 0. The molecule has 0 unspecified atom stereocenters. The van der Waals surface area contributed by atoms with Crippen LogP contribution >= 0.6 is 0 Å². The molecule has 0 amide bonds. The predicted octanol–water partition coefficient (Wildman–Crippen LogP) is 1.01. The molecule has 0 aliphatic rings. The van der Waals surface area contributed by atoms with E-state index >= 15 is 0 Å². The summed E-state index contributed by atoms with van der Waals surface area (Å²) in [6, 6.07) is 0.130. The summed E-state index contributed by atoms with van der Waals surface area (Å²) in [5.41, 5.74) is 2.35. The summed E-state index contributed by atoms with van der Waals surface area (Å²) in [6.45, 7) is 7.17. The zero-order valence-corrected chi connectivity index (χ0v) is 9.99. The maximum atomic E-state index is 8.91. The molecule has 15 heavy (non-hydrogen) atoms. The molecule has 0 aromatic carbocycles. The van der Waals surface area contributed by atoms with Gasteiger partial charge in [-0.2, -0.15) is 5.10 Å². The molecule has 0 saturated carbocycles. The minimum atomic E-state index is 0.130. The maximum absolute atomic E-state index is 8.91. The van der Waals surface area contributed by atoms with Crippen molar-refractivity contribution in [3.63, 3.8) is 0 Å². The van der Waals surface area contributed by atoms with Gasteiger partial charge in [0.05, 0.1) is 12.3 Å². The Hall–Kier alpha value is -0.870. The number of aromatic nitrogens is 2. The van der Waals surface area contributed by atoms with Crippen LogP contribution in [-0.4, -0.2) is 27.5 Å². The Morgan fingerprint density at radius 1 is 1.47 bits per heavy atom. The van der Waals surface area contributed by atoms with E-state index in [0.29, 0.717) is 5.92 Å². The van der Waals surface area contributed by atoms with Gasteiger partial charge in [0.1, 0.15) is 0 Å². The quantitative estimate of drug-likeness (QED) is 0.764. The maximum Gasteiger partial charge on any atom is 0.0694 e. The molecule has 86 valence electrons. The highest BCUT2D eigenvalue weighted by molar-refractivity contribution is 5.20. The van der Waals surface area contributed by atoms with Crippen LogP contribution in [-0.2, 0) is 13.6 Å². The van der Waals surface area contributed by atoms with E-state index in [2.05, 4.69) is 24.3 Å². The topological polar surface area (TPSA) is 50.1 Å². The average Bonchev–Trinajstić information content (AvgIpc) is 2.56. The van der Waals surface area contributed by atoms with Crippen LogP contribution in [0.5, 0.6) is 0 Å². The number of hydrogen-bond donors (Lipinski definition) is 2. The number of aliphatic hydroxyl groups excluding tert-OH is 1. The molecule has 0 radical (unpaired) electrons. The fourth-order valence-corrected chi connectivity index (χ4v) is 1.53. The number of aliphatic hydroxyl groups is 1. The van der Waals surface area contributed by atoms with Gasteiger partial charge in [-0.3, -0.25) is 4.68 Å². The molecule has 0 fully saturated rings. The van der Waals surface area contributed by atoms with Crippen LogP contribution in [0.4, 0.5) is 0 Å². The third kappa shape index (κ3) is 3.32. The molecule has 0 spiro atoms. The Morgan fingerprint density at radius 3 is 2.67 bits per heavy atom. The second-order valence-corrected chi connectivity index (χ2v) is 4.33. The zero-order chi connectivity index (χ0) is 11.4. The van der Waals surface area contributed by atoms with E-state index in [4.69, 9.17) is 5.11 Å². The summed E-state index contributed by atoms with van der Waals surface area (Å²) < 4.78 is 1.84. The smallest absolute Gasteiger partial charge is 0.0694 e. The van der Waals surface area contributed by atoms with Crippen molar-refractivity contribution in [3.05, 3.63) is 17.5 Å². The van der Waals surface area contributed by atoms with Crippen molar-refractivity contribution < 1.29 is 5.11 Å². The lowest BCUT2D eigenvalue weighted by molar-refractivity contribution is 0.251. The van der Waals surface area contributed by atoms with Crippen molar-refractivity contribution in [1.82, 2.24) is 15.1 Å². The molecular weight excluding hydrogens is 190 g/mol. The van der Waals surface area contributed by atoms with Gasteiger partial charge in [0, 0.05) is 31.4 Å². The van der Waals surface area contributed by atoms with Gasteiger partial charge in [-0.05, 0) is 12.8 Å². The SMILES string of the molecule is CC(C)c1nn(C)cc1CN[C@@H](C)CO. The molecule has 1 aromatic rings. The lowest BCUT2D eigenvalue weighted by Crippen LogP contribution is -2.28. The minimum absolute atomic E-state index is 0.130. The molecule has 1 atom stereocenters. The molecule has 4 nitrogen and oxygen atoms in total. The Labute approximate surface area is 91.3 Å². The largest absolute Gasteiger partial charge is 0.395 e. The van der Waals surface area contributed by atoms with Crippen molar-refractivity contribution in [3.8, 4) is 0 Å². The number of rotatable bonds is 5. The Kier molecular flexibility index (Phi) is 4.29. The van der Waals surface area contributed by atoms with Crippen LogP contribution < -0.4 is 5.32 Å². The first-order valence-corrected chi connectivity index (χ1v) is 5.41. The highest BCUT2D eigenvalue weighted by Crippen LogP contribution is 2.16. The number of hydrogen-bond acceptors (Lipinski definition) is 3. The second kappa shape index (κ2) is 5.28. The van der Waals surface area contributed by atoms with Gasteiger partial charge in [-0.15, -0.1) is 0 Å². The molecule has 0 aliphatic carbocycles. The van der Waals surface area contributed by atoms with E-state index in [1.165, 1.54) is 5.56 Å². The van der Waals surface area contributed by atoms with Crippen molar-refractivity contribution in [1.29, 1.82) is 0 Å². The lowest BCUT2D eigenvalue weighted by Gasteiger charge is -2.11. The molecule has 4 heteroatoms. The molecule has 2 N–H and O–H groups in total. The van der Waals surface area contributed by atoms with Gasteiger partial charge < -0.3 is 10.4 Å². The molecule has 0 aliphatic heterocycles. The fraction of sp³-hybridized carbons (Fsp3) is 0.727. The third-order valence-electron chi connectivity index (χ3n) is 2.40. The number of nitrogens with one attached hydrogen (secondary N) is 1. The van der Waals surface area contributed by atoms with E-state index in [0.717, 1.165) is 12.2 Å². The molecule has 1 rings (SSSR count). The first kappa shape index (κ1) is 12.2. The molecule has 1 aromatic heterocycles. The minimum Gasteiger partial charge on any atom is -0.395 e. The summed E-state index contributed by atoms with van der Waals surface area (Å²) in [7, 11) is 1.94. The van der Waals surface area contributed by atoms with E-state index in [9.17, 15) is 0 Å². The molecule has 0 bridgehead atoms.